The number of piperidine rings is 1. The highest BCUT2D eigenvalue weighted by molar-refractivity contribution is 5.98. The van der Waals surface area contributed by atoms with Gasteiger partial charge in [-0.3, -0.25) is 14.6 Å². The van der Waals surface area contributed by atoms with Crippen LogP contribution in [0.5, 0.6) is 0 Å². The quantitative estimate of drug-likeness (QED) is 0.153. The number of nitrogens with zero attached hydrogens (tertiary/aromatic N) is 2. The Balaban J connectivity index is 1.24. The van der Waals surface area contributed by atoms with Crippen LogP contribution in [-0.4, -0.2) is 60.3 Å². The summed E-state index contributed by atoms with van der Waals surface area (Å²) in [6, 6.07) is 25.2. The van der Waals surface area contributed by atoms with Crippen LogP contribution in [0.25, 0.3) is 0 Å². The van der Waals surface area contributed by atoms with Crippen LogP contribution < -0.4 is 16.0 Å². The topological polar surface area (TPSA) is 103 Å². The number of hydrogen-bond donors (Lipinski definition) is 3. The molecule has 234 valence electrons. The fraction of sp³-hybridized carbons (Fsp3) is 0.263. The second-order valence-electron chi connectivity index (χ2n) is 11.3. The van der Waals surface area contributed by atoms with Crippen molar-refractivity contribution in [2.24, 2.45) is 0 Å². The summed E-state index contributed by atoms with van der Waals surface area (Å²) in [4.78, 5) is 44.8. The number of benzene rings is 3. The lowest BCUT2D eigenvalue weighted by Gasteiger charge is -2.26. The molecule has 3 N–H and O–H groups in total. The van der Waals surface area contributed by atoms with Crippen LogP contribution in [0.3, 0.4) is 0 Å². The third-order valence-electron chi connectivity index (χ3n) is 7.89. The van der Waals surface area contributed by atoms with Crippen LogP contribution in [0.15, 0.2) is 97.3 Å². The number of likely N-dealkylation sites (tertiary alicyclic amines) is 1. The first-order valence-electron chi connectivity index (χ1n) is 15.8. The smallest absolute Gasteiger partial charge is 0.319 e. The molecule has 1 aliphatic rings. The first-order chi connectivity index (χ1) is 22.5. The molecule has 1 fully saturated rings. The molecule has 0 radical (unpaired) electrons. The lowest BCUT2D eigenvalue weighted by Crippen LogP contribution is -2.37. The summed E-state index contributed by atoms with van der Waals surface area (Å²) in [7, 11) is 0. The Morgan fingerprint density at radius 1 is 0.783 bits per heavy atom. The Labute approximate surface area is 270 Å². The average Bonchev–Trinajstić information content (AvgIpc) is 3.09. The summed E-state index contributed by atoms with van der Waals surface area (Å²) in [6.07, 6.45) is 8.07. The molecule has 1 saturated heterocycles. The van der Waals surface area contributed by atoms with Crippen molar-refractivity contribution in [3.63, 3.8) is 0 Å². The summed E-state index contributed by atoms with van der Waals surface area (Å²) in [5.74, 6) is 6.24. The van der Waals surface area contributed by atoms with Gasteiger partial charge in [-0.1, -0.05) is 60.7 Å². The molecule has 3 amide bonds. The number of anilines is 1. The standard InChI is InChI=1S/C38H39N5O3/c44-36(31-9-3-1-4-10-31)27-34-17-18-35(42-38(46)41-21-19-30-8-7-20-39-28-30)26-33(34)16-13-29-11-14-32(15-12-29)37(45)40-22-25-43-23-5-2-6-24-43/h1,3-4,7-12,14-15,17-18,20,26,28H,2,5-6,19,21-25,27H2,(H,40,45)(H2,41,42,46). The number of amides is 3. The second-order valence-corrected chi connectivity index (χ2v) is 11.3. The first-order valence-corrected chi connectivity index (χ1v) is 15.8. The highest BCUT2D eigenvalue weighted by Crippen LogP contribution is 2.18. The Kier molecular flexibility index (Phi) is 11.7. The minimum atomic E-state index is -0.333. The van der Waals surface area contributed by atoms with Crippen LogP contribution in [0.2, 0.25) is 0 Å². The maximum atomic E-state index is 13.0. The third kappa shape index (κ3) is 9.88. The van der Waals surface area contributed by atoms with Gasteiger partial charge in [0.2, 0.25) is 0 Å². The second kappa shape index (κ2) is 16.7. The van der Waals surface area contributed by atoms with Crippen molar-refractivity contribution in [2.75, 3.05) is 38.0 Å². The number of nitrogens with one attached hydrogen (secondary N) is 3. The summed E-state index contributed by atoms with van der Waals surface area (Å²) in [6.45, 7) is 4.15. The number of pyridine rings is 1. The molecule has 0 spiro atoms. The number of rotatable bonds is 11. The van der Waals surface area contributed by atoms with Crippen molar-refractivity contribution < 1.29 is 14.4 Å². The average molecular weight is 614 g/mol. The molecule has 5 rings (SSSR count). The molecular weight excluding hydrogens is 574 g/mol. The molecule has 2 heterocycles. The number of carbonyl (C=O) groups is 3. The van der Waals surface area contributed by atoms with Crippen molar-refractivity contribution in [3.8, 4) is 11.8 Å². The van der Waals surface area contributed by atoms with E-state index in [1.165, 1.54) is 19.3 Å². The normalized spacial score (nSPS) is 12.8. The van der Waals surface area contributed by atoms with E-state index in [0.717, 1.165) is 36.3 Å². The van der Waals surface area contributed by atoms with Gasteiger partial charge < -0.3 is 20.9 Å². The highest BCUT2D eigenvalue weighted by Gasteiger charge is 2.13. The van der Waals surface area contributed by atoms with Crippen LogP contribution in [0, 0.1) is 11.8 Å². The molecule has 1 aromatic heterocycles. The molecule has 46 heavy (non-hydrogen) atoms. The number of urea groups is 1. The van der Waals surface area contributed by atoms with Crippen molar-refractivity contribution in [1.82, 2.24) is 20.5 Å². The van der Waals surface area contributed by atoms with Crippen LogP contribution >= 0.6 is 0 Å². The fourth-order valence-electron chi connectivity index (χ4n) is 5.32. The van der Waals surface area contributed by atoms with Gasteiger partial charge in [-0.15, -0.1) is 0 Å². The minimum absolute atomic E-state index is 0.0202. The van der Waals surface area contributed by atoms with E-state index in [9.17, 15) is 14.4 Å². The van der Waals surface area contributed by atoms with Gasteiger partial charge in [-0.2, -0.15) is 0 Å². The van der Waals surface area contributed by atoms with Crippen molar-refractivity contribution in [1.29, 1.82) is 0 Å². The number of hydrogen-bond acceptors (Lipinski definition) is 5. The predicted molar refractivity (Wildman–Crippen MR) is 181 cm³/mol. The zero-order valence-corrected chi connectivity index (χ0v) is 25.9. The van der Waals surface area contributed by atoms with Gasteiger partial charge >= 0.3 is 6.03 Å². The van der Waals surface area contributed by atoms with E-state index in [2.05, 4.69) is 37.7 Å². The fourth-order valence-corrected chi connectivity index (χ4v) is 5.32. The number of carbonyl (C=O) groups excluding carboxylic acids is 3. The van der Waals surface area contributed by atoms with Gasteiger partial charge in [0.05, 0.1) is 0 Å². The van der Waals surface area contributed by atoms with Gasteiger partial charge in [0.15, 0.2) is 5.78 Å². The van der Waals surface area contributed by atoms with E-state index in [0.29, 0.717) is 41.9 Å². The maximum absolute atomic E-state index is 13.0. The lowest BCUT2D eigenvalue weighted by atomic mass is 9.98. The monoisotopic (exact) mass is 613 g/mol. The molecule has 0 saturated carbocycles. The predicted octanol–water partition coefficient (Wildman–Crippen LogP) is 5.49. The summed E-state index contributed by atoms with van der Waals surface area (Å²) >= 11 is 0. The van der Waals surface area contributed by atoms with Crippen molar-refractivity contribution >= 4 is 23.4 Å². The first kappa shape index (κ1) is 32.1. The van der Waals surface area contributed by atoms with Crippen LogP contribution in [0.4, 0.5) is 10.5 Å². The Morgan fingerprint density at radius 3 is 2.35 bits per heavy atom. The molecule has 4 aromatic rings. The van der Waals surface area contributed by atoms with E-state index in [4.69, 9.17) is 0 Å². The van der Waals surface area contributed by atoms with Gasteiger partial charge in [-0.25, -0.2) is 4.79 Å². The van der Waals surface area contributed by atoms with E-state index >= 15 is 0 Å². The number of aromatic nitrogens is 1. The summed E-state index contributed by atoms with van der Waals surface area (Å²) < 4.78 is 0. The third-order valence-corrected chi connectivity index (χ3v) is 7.89. The molecule has 0 bridgehead atoms. The molecule has 8 heteroatoms. The number of Topliss-reactive ketones (excluding diaryl/α,β-unsaturated/α-hetero) is 1. The van der Waals surface area contributed by atoms with Gasteiger partial charge in [0.1, 0.15) is 0 Å². The Bertz CT molecular complexity index is 1670. The molecule has 0 atom stereocenters. The minimum Gasteiger partial charge on any atom is -0.351 e. The zero-order valence-electron chi connectivity index (χ0n) is 25.9. The van der Waals surface area contributed by atoms with Crippen LogP contribution in [0.1, 0.15) is 62.2 Å². The van der Waals surface area contributed by atoms with Gasteiger partial charge in [0.25, 0.3) is 5.91 Å². The summed E-state index contributed by atoms with van der Waals surface area (Å²) in [5.41, 5.74) is 4.94. The molecule has 3 aromatic carbocycles. The summed E-state index contributed by atoms with van der Waals surface area (Å²) in [5, 5.41) is 8.75. The van der Waals surface area contributed by atoms with Crippen molar-refractivity contribution in [3.05, 3.63) is 131 Å². The molecule has 0 unspecified atom stereocenters. The Morgan fingerprint density at radius 2 is 1.59 bits per heavy atom. The Hall–Kier alpha value is -5.26. The number of ketones is 1. The van der Waals surface area contributed by atoms with Crippen molar-refractivity contribution in [2.45, 2.75) is 32.1 Å². The zero-order chi connectivity index (χ0) is 32.0. The lowest BCUT2D eigenvalue weighted by molar-refractivity contribution is 0.0945. The molecule has 0 aliphatic carbocycles. The van der Waals surface area contributed by atoms with Crippen LogP contribution in [-0.2, 0) is 12.8 Å². The molecular formula is C38H39N5O3. The maximum Gasteiger partial charge on any atom is 0.319 e. The molecule has 8 nitrogen and oxygen atoms in total. The van der Waals surface area contributed by atoms with E-state index in [1.807, 2.05) is 48.5 Å². The molecule has 1 aliphatic heterocycles. The van der Waals surface area contributed by atoms with E-state index in [1.54, 1.807) is 48.8 Å². The van der Waals surface area contributed by atoms with E-state index < -0.39 is 0 Å². The van der Waals surface area contributed by atoms with E-state index in [-0.39, 0.29) is 24.1 Å². The van der Waals surface area contributed by atoms with Gasteiger partial charge in [0, 0.05) is 66.4 Å². The SMILES string of the molecule is O=C(NCCc1cccnc1)Nc1ccc(CC(=O)c2ccccc2)c(C#Cc2ccc(C(=O)NCCN3CCCCC3)cc2)c1. The largest absolute Gasteiger partial charge is 0.351 e. The highest BCUT2D eigenvalue weighted by atomic mass is 16.2. The van der Waals surface area contributed by atoms with Gasteiger partial charge in [-0.05, 0) is 85.9 Å².